The van der Waals surface area contributed by atoms with E-state index in [2.05, 4.69) is 0 Å². The van der Waals surface area contributed by atoms with Gasteiger partial charge < -0.3 is 10.0 Å². The zero-order chi connectivity index (χ0) is 22.6. The van der Waals surface area contributed by atoms with E-state index >= 15 is 0 Å². The predicted octanol–water partition coefficient (Wildman–Crippen LogP) is 4.94. The van der Waals surface area contributed by atoms with Crippen molar-refractivity contribution in [3.63, 3.8) is 0 Å². The molecule has 1 fully saturated rings. The maximum Gasteiger partial charge on any atom is 0.416 e. The monoisotopic (exact) mass is 473 g/mol. The Labute approximate surface area is 189 Å². The van der Waals surface area contributed by atoms with Crippen molar-refractivity contribution in [3.05, 3.63) is 71.0 Å². The molecule has 0 aliphatic carbocycles. The van der Waals surface area contributed by atoms with Crippen molar-refractivity contribution < 1.29 is 32.3 Å². The third-order valence-corrected chi connectivity index (χ3v) is 5.60. The minimum Gasteiger partial charge on any atom is -0.382 e. The van der Waals surface area contributed by atoms with Gasteiger partial charge in [0.1, 0.15) is 11.4 Å². The average Bonchev–Trinajstić information content (AvgIpc) is 2.74. The topological polar surface area (TPSA) is 57.6 Å². The third-order valence-electron chi connectivity index (χ3n) is 5.60. The molecule has 4 nitrogen and oxygen atoms in total. The zero-order valence-corrected chi connectivity index (χ0v) is 18.0. The van der Waals surface area contributed by atoms with Gasteiger partial charge in [0.05, 0.1) is 5.56 Å². The summed E-state index contributed by atoms with van der Waals surface area (Å²) in [5.74, 6) is -1.20. The number of carbonyl (C=O) groups excluding carboxylic acids is 2. The zero-order valence-electron chi connectivity index (χ0n) is 17.2. The number of likely N-dealkylation sites (tertiary alicyclic amines) is 1. The lowest BCUT2D eigenvalue weighted by Gasteiger charge is -2.37. The lowest BCUT2D eigenvalue weighted by atomic mass is 9.83. The molecule has 2 aromatic rings. The van der Waals surface area contributed by atoms with Crippen LogP contribution in [0.4, 0.5) is 17.6 Å². The highest BCUT2D eigenvalue weighted by Crippen LogP contribution is 2.32. The number of benzene rings is 2. The second kappa shape index (κ2) is 10.6. The summed E-state index contributed by atoms with van der Waals surface area (Å²) in [5, 5.41) is 10.7. The average molecular weight is 474 g/mol. The maximum atomic E-state index is 12.9. The number of carbonyl (C=O) groups is 2. The molecule has 1 N–H and O–H groups in total. The first-order valence-electron chi connectivity index (χ1n) is 10.0. The van der Waals surface area contributed by atoms with Crippen molar-refractivity contribution in [2.45, 2.75) is 37.5 Å². The number of hydrogen-bond acceptors (Lipinski definition) is 4. The largest absolute Gasteiger partial charge is 0.416 e. The molecule has 1 aliphatic heterocycles. The SMILES string of the molecule is Cl.O=C(CCCN1CCC(O)(C(=O)c2cccc(C(F)(F)F)c2)CC1)c1ccc(F)cc1. The van der Waals surface area contributed by atoms with E-state index in [4.69, 9.17) is 0 Å². The summed E-state index contributed by atoms with van der Waals surface area (Å²) in [7, 11) is 0. The smallest absolute Gasteiger partial charge is 0.382 e. The number of hydrogen-bond donors (Lipinski definition) is 1. The highest BCUT2D eigenvalue weighted by molar-refractivity contribution is 6.02. The number of piperidine rings is 1. The normalized spacial score (nSPS) is 16.3. The van der Waals surface area contributed by atoms with Crippen LogP contribution in [0.15, 0.2) is 48.5 Å². The van der Waals surface area contributed by atoms with Crippen LogP contribution >= 0.6 is 12.4 Å². The van der Waals surface area contributed by atoms with Gasteiger partial charge >= 0.3 is 6.18 Å². The summed E-state index contributed by atoms with van der Waals surface area (Å²) < 4.78 is 51.6. The first kappa shape index (κ1) is 26.0. The minimum atomic E-state index is -4.56. The van der Waals surface area contributed by atoms with Crippen LogP contribution in [0.1, 0.15) is 52.0 Å². The van der Waals surface area contributed by atoms with Crippen molar-refractivity contribution in [1.29, 1.82) is 0 Å². The molecule has 2 aromatic carbocycles. The number of halogens is 5. The third kappa shape index (κ3) is 6.37. The summed E-state index contributed by atoms with van der Waals surface area (Å²) in [6, 6.07) is 9.45. The van der Waals surface area contributed by atoms with Gasteiger partial charge in [0, 0.05) is 30.6 Å². The summed E-state index contributed by atoms with van der Waals surface area (Å²) in [5.41, 5.74) is -2.34. The van der Waals surface area contributed by atoms with Crippen molar-refractivity contribution in [3.8, 4) is 0 Å². The molecule has 9 heteroatoms. The molecule has 32 heavy (non-hydrogen) atoms. The van der Waals surface area contributed by atoms with Crippen molar-refractivity contribution in [1.82, 2.24) is 4.90 Å². The molecule has 3 rings (SSSR count). The van der Waals surface area contributed by atoms with Crippen LogP contribution < -0.4 is 0 Å². The molecular weight excluding hydrogens is 450 g/mol. The van der Waals surface area contributed by atoms with Gasteiger partial charge in [0.2, 0.25) is 0 Å². The van der Waals surface area contributed by atoms with Crippen molar-refractivity contribution in [2.75, 3.05) is 19.6 Å². The fourth-order valence-corrected chi connectivity index (χ4v) is 3.72. The van der Waals surface area contributed by atoms with E-state index in [9.17, 15) is 32.3 Å². The molecule has 0 unspecified atom stereocenters. The second-order valence-electron chi connectivity index (χ2n) is 7.81. The molecule has 0 saturated carbocycles. The van der Waals surface area contributed by atoms with Gasteiger partial charge in [0.25, 0.3) is 0 Å². The number of rotatable bonds is 7. The lowest BCUT2D eigenvalue weighted by Crippen LogP contribution is -2.49. The van der Waals surface area contributed by atoms with Crippen LogP contribution in [0.3, 0.4) is 0 Å². The molecular formula is C23H24ClF4NO3. The number of aliphatic hydroxyl groups is 1. The Balaban J connectivity index is 0.00000363. The Morgan fingerprint density at radius 3 is 2.22 bits per heavy atom. The molecule has 1 saturated heterocycles. The summed E-state index contributed by atoms with van der Waals surface area (Å²) in [6.45, 7) is 1.37. The number of nitrogens with zero attached hydrogens (tertiary/aromatic N) is 1. The highest BCUT2D eigenvalue weighted by atomic mass is 35.5. The van der Waals surface area contributed by atoms with E-state index in [1.54, 1.807) is 0 Å². The molecule has 0 bridgehead atoms. The molecule has 1 heterocycles. The van der Waals surface area contributed by atoms with Crippen LogP contribution in [0.5, 0.6) is 0 Å². The van der Waals surface area contributed by atoms with E-state index in [0.29, 0.717) is 31.6 Å². The number of alkyl halides is 3. The minimum absolute atomic E-state index is 0. The predicted molar refractivity (Wildman–Crippen MR) is 114 cm³/mol. The van der Waals surface area contributed by atoms with E-state index in [1.165, 1.54) is 30.3 Å². The van der Waals surface area contributed by atoms with Gasteiger partial charge in [-0.15, -0.1) is 12.4 Å². The molecule has 0 amide bonds. The van der Waals surface area contributed by atoms with Crippen LogP contribution in [-0.2, 0) is 6.18 Å². The van der Waals surface area contributed by atoms with Crippen LogP contribution in [-0.4, -0.2) is 46.8 Å². The quantitative estimate of drug-likeness (QED) is 0.457. The van der Waals surface area contributed by atoms with Crippen molar-refractivity contribution >= 4 is 24.0 Å². The standard InChI is InChI=1S/C23H23F4NO3.ClH/c24-19-8-6-16(7-9-19)20(29)5-2-12-28-13-10-22(31,11-14-28)21(30)17-3-1-4-18(15-17)23(25,26)27;/h1,3-4,6-9,15,31H,2,5,10-14H2;1H. The Kier molecular flexibility index (Phi) is 8.56. The van der Waals surface area contributed by atoms with Crippen LogP contribution in [0.25, 0.3) is 0 Å². The summed E-state index contributed by atoms with van der Waals surface area (Å²) in [4.78, 5) is 26.8. The molecule has 0 radical (unpaired) electrons. The van der Waals surface area contributed by atoms with E-state index in [0.717, 1.165) is 18.2 Å². The summed E-state index contributed by atoms with van der Waals surface area (Å²) >= 11 is 0. The van der Waals surface area contributed by atoms with E-state index < -0.39 is 28.9 Å². The molecule has 0 atom stereocenters. The van der Waals surface area contributed by atoms with Gasteiger partial charge in [-0.25, -0.2) is 4.39 Å². The van der Waals surface area contributed by atoms with Crippen LogP contribution in [0, 0.1) is 5.82 Å². The number of Topliss-reactive ketones (excluding diaryl/α,β-unsaturated/α-hetero) is 2. The second-order valence-corrected chi connectivity index (χ2v) is 7.81. The van der Waals surface area contributed by atoms with E-state index in [-0.39, 0.29) is 43.0 Å². The molecule has 1 aliphatic rings. The first-order valence-corrected chi connectivity index (χ1v) is 10.0. The molecule has 174 valence electrons. The molecule has 0 aromatic heterocycles. The van der Waals surface area contributed by atoms with Gasteiger partial charge in [0.15, 0.2) is 11.6 Å². The Bertz CT molecular complexity index is 939. The first-order chi connectivity index (χ1) is 14.6. The van der Waals surface area contributed by atoms with Gasteiger partial charge in [-0.05, 0) is 62.2 Å². The lowest BCUT2D eigenvalue weighted by molar-refractivity contribution is -0.137. The number of ketones is 2. The Hall–Kier alpha value is -2.29. The summed E-state index contributed by atoms with van der Waals surface area (Å²) in [6.07, 6.45) is -3.50. The maximum absolute atomic E-state index is 12.9. The molecule has 0 spiro atoms. The van der Waals surface area contributed by atoms with Gasteiger partial charge in [-0.2, -0.15) is 13.2 Å². The van der Waals surface area contributed by atoms with Gasteiger partial charge in [-0.3, -0.25) is 9.59 Å². The fraction of sp³-hybridized carbons (Fsp3) is 0.391. The Morgan fingerprint density at radius 1 is 1.00 bits per heavy atom. The highest BCUT2D eigenvalue weighted by Gasteiger charge is 2.40. The fourth-order valence-electron chi connectivity index (χ4n) is 3.72. The van der Waals surface area contributed by atoms with Crippen molar-refractivity contribution in [2.24, 2.45) is 0 Å². The Morgan fingerprint density at radius 2 is 1.62 bits per heavy atom. The van der Waals surface area contributed by atoms with Crippen LogP contribution in [0.2, 0.25) is 0 Å². The van der Waals surface area contributed by atoms with Gasteiger partial charge in [-0.1, -0.05) is 12.1 Å². The van der Waals surface area contributed by atoms with E-state index in [1.807, 2.05) is 4.90 Å².